The fraction of sp³-hybridized carbons (Fsp3) is 0.353. The first-order chi connectivity index (χ1) is 10.9. The van der Waals surface area contributed by atoms with Crippen molar-refractivity contribution >= 4 is 23.2 Å². The second kappa shape index (κ2) is 5.77. The van der Waals surface area contributed by atoms with Gasteiger partial charge in [-0.15, -0.1) is 11.3 Å². The zero-order chi connectivity index (χ0) is 16.6. The molecule has 0 spiro atoms. The number of carboxylic acids is 1. The highest BCUT2D eigenvalue weighted by Gasteiger charge is 2.51. The number of carboxylic acid groups (broad SMARTS) is 1. The van der Waals surface area contributed by atoms with Crippen LogP contribution >= 0.6 is 11.3 Å². The molecule has 1 aliphatic carbocycles. The summed E-state index contributed by atoms with van der Waals surface area (Å²) in [4.78, 5) is 28.3. The molecule has 2 N–H and O–H groups in total. The van der Waals surface area contributed by atoms with Crippen molar-refractivity contribution in [3.63, 3.8) is 0 Å². The molecule has 23 heavy (non-hydrogen) atoms. The van der Waals surface area contributed by atoms with Crippen LogP contribution in [0.4, 0.5) is 0 Å². The number of thiazole rings is 1. The lowest BCUT2D eigenvalue weighted by molar-refractivity contribution is -0.124. The third-order valence-electron chi connectivity index (χ3n) is 4.24. The van der Waals surface area contributed by atoms with E-state index >= 15 is 0 Å². The number of hydrogen-bond donors (Lipinski definition) is 2. The van der Waals surface area contributed by atoms with Crippen LogP contribution in [0.25, 0.3) is 0 Å². The number of benzene rings is 1. The van der Waals surface area contributed by atoms with Crippen LogP contribution in [-0.2, 0) is 10.2 Å². The van der Waals surface area contributed by atoms with Gasteiger partial charge in [-0.25, -0.2) is 9.78 Å². The van der Waals surface area contributed by atoms with Crippen molar-refractivity contribution in [1.29, 1.82) is 0 Å². The lowest BCUT2D eigenvalue weighted by atomic mass is 9.95. The van der Waals surface area contributed by atoms with Crippen LogP contribution < -0.4 is 5.32 Å². The van der Waals surface area contributed by atoms with Crippen LogP contribution in [0, 0.1) is 6.92 Å². The summed E-state index contributed by atoms with van der Waals surface area (Å²) in [5.41, 5.74) is 1.09. The number of aromatic carboxylic acids is 1. The average molecular weight is 330 g/mol. The van der Waals surface area contributed by atoms with Gasteiger partial charge in [0.15, 0.2) is 0 Å². The van der Waals surface area contributed by atoms with E-state index in [2.05, 4.69) is 10.3 Å². The SMILES string of the molecule is Cc1nc([C@H](C)NC(=O)C2(c3ccccc3)CC2)sc1C(=O)O. The summed E-state index contributed by atoms with van der Waals surface area (Å²) in [7, 11) is 0. The molecule has 3 rings (SSSR count). The fourth-order valence-electron chi connectivity index (χ4n) is 2.73. The Morgan fingerprint density at radius 1 is 1.30 bits per heavy atom. The van der Waals surface area contributed by atoms with Crippen LogP contribution in [0.1, 0.15) is 51.7 Å². The molecule has 0 aliphatic heterocycles. The molecule has 1 aromatic heterocycles. The summed E-state index contributed by atoms with van der Waals surface area (Å²) in [6, 6.07) is 9.47. The molecule has 0 radical (unpaired) electrons. The zero-order valence-electron chi connectivity index (χ0n) is 13.0. The maximum atomic E-state index is 12.7. The molecule has 1 heterocycles. The van der Waals surface area contributed by atoms with Gasteiger partial charge in [-0.2, -0.15) is 0 Å². The Labute approximate surface area is 138 Å². The molecule has 0 bridgehead atoms. The topological polar surface area (TPSA) is 79.3 Å². The summed E-state index contributed by atoms with van der Waals surface area (Å²) < 4.78 is 0. The molecule has 1 aromatic carbocycles. The first kappa shape index (κ1) is 15.7. The number of aryl methyl sites for hydroxylation is 1. The molecule has 120 valence electrons. The highest BCUT2D eigenvalue weighted by molar-refractivity contribution is 7.13. The van der Waals surface area contributed by atoms with Crippen molar-refractivity contribution < 1.29 is 14.7 Å². The van der Waals surface area contributed by atoms with Crippen LogP contribution in [0.3, 0.4) is 0 Å². The Bertz CT molecular complexity index is 750. The molecule has 6 heteroatoms. The van der Waals surface area contributed by atoms with Gasteiger partial charge in [0.25, 0.3) is 0 Å². The van der Waals surface area contributed by atoms with E-state index in [0.29, 0.717) is 10.7 Å². The normalized spacial score (nSPS) is 16.6. The maximum Gasteiger partial charge on any atom is 0.347 e. The van der Waals surface area contributed by atoms with Gasteiger partial charge in [-0.05, 0) is 32.3 Å². The monoisotopic (exact) mass is 330 g/mol. The van der Waals surface area contributed by atoms with Gasteiger partial charge in [0.2, 0.25) is 5.91 Å². The molecule has 5 nitrogen and oxygen atoms in total. The highest BCUT2D eigenvalue weighted by Crippen LogP contribution is 2.48. The average Bonchev–Trinajstić information content (AvgIpc) is 3.25. The maximum absolute atomic E-state index is 12.7. The van der Waals surface area contributed by atoms with Crippen LogP contribution in [-0.4, -0.2) is 22.0 Å². The number of amides is 1. The number of hydrogen-bond acceptors (Lipinski definition) is 4. The van der Waals surface area contributed by atoms with Gasteiger partial charge in [0.1, 0.15) is 9.88 Å². The van der Waals surface area contributed by atoms with Crippen LogP contribution in [0.2, 0.25) is 0 Å². The molecule has 0 unspecified atom stereocenters. The highest BCUT2D eigenvalue weighted by atomic mass is 32.1. The largest absolute Gasteiger partial charge is 0.477 e. The Balaban J connectivity index is 1.76. The van der Waals surface area contributed by atoms with Gasteiger partial charge in [-0.3, -0.25) is 4.79 Å². The quantitative estimate of drug-likeness (QED) is 0.883. The molecule has 1 saturated carbocycles. The molecule has 0 saturated heterocycles. The molecule has 1 atom stereocenters. The summed E-state index contributed by atoms with van der Waals surface area (Å²) in [5, 5.41) is 12.7. The number of aromatic nitrogens is 1. The van der Waals surface area contributed by atoms with E-state index in [9.17, 15) is 9.59 Å². The van der Waals surface area contributed by atoms with E-state index in [0.717, 1.165) is 29.7 Å². The minimum absolute atomic E-state index is 0.0130. The van der Waals surface area contributed by atoms with Crippen molar-refractivity contribution in [2.75, 3.05) is 0 Å². The first-order valence-corrected chi connectivity index (χ1v) is 8.33. The standard InChI is InChI=1S/C17H18N2O3S/c1-10-13(15(20)21)23-14(18-10)11(2)19-16(22)17(8-9-17)12-6-4-3-5-7-12/h3-7,11H,8-9H2,1-2H3,(H,19,22)(H,20,21)/t11-/m0/s1. The van der Waals surface area contributed by atoms with E-state index in [1.165, 1.54) is 0 Å². The number of carbonyl (C=O) groups excluding carboxylic acids is 1. The second-order valence-corrected chi connectivity index (χ2v) is 6.95. The van der Waals surface area contributed by atoms with E-state index in [4.69, 9.17) is 5.11 Å². The predicted octanol–water partition coefficient (Wildman–Crippen LogP) is 3.06. The second-order valence-electron chi connectivity index (χ2n) is 5.92. The first-order valence-electron chi connectivity index (χ1n) is 7.51. The fourth-order valence-corrected chi connectivity index (χ4v) is 3.63. The lowest BCUT2D eigenvalue weighted by Crippen LogP contribution is -2.36. The summed E-state index contributed by atoms with van der Waals surface area (Å²) >= 11 is 1.12. The van der Waals surface area contributed by atoms with Crippen molar-refractivity contribution in [3.8, 4) is 0 Å². The third-order valence-corrected chi connectivity index (χ3v) is 5.56. The van der Waals surface area contributed by atoms with Gasteiger partial charge >= 0.3 is 5.97 Å². The minimum atomic E-state index is -0.979. The zero-order valence-corrected chi connectivity index (χ0v) is 13.8. The number of rotatable bonds is 5. The Morgan fingerprint density at radius 3 is 2.48 bits per heavy atom. The molecule has 2 aromatic rings. The van der Waals surface area contributed by atoms with Gasteiger partial charge in [-0.1, -0.05) is 30.3 Å². The Hall–Kier alpha value is -2.21. The molecular formula is C17H18N2O3S. The Kier molecular flexibility index (Phi) is 3.93. The van der Waals surface area contributed by atoms with Crippen LogP contribution in [0.5, 0.6) is 0 Å². The van der Waals surface area contributed by atoms with Crippen molar-refractivity contribution in [3.05, 3.63) is 51.5 Å². The minimum Gasteiger partial charge on any atom is -0.477 e. The molecule has 1 aliphatic rings. The van der Waals surface area contributed by atoms with Crippen molar-refractivity contribution in [2.24, 2.45) is 0 Å². The van der Waals surface area contributed by atoms with Gasteiger partial charge in [0.05, 0.1) is 17.2 Å². The summed E-state index contributed by atoms with van der Waals surface area (Å²) in [5.74, 6) is -0.992. The van der Waals surface area contributed by atoms with E-state index in [1.54, 1.807) is 6.92 Å². The third kappa shape index (κ3) is 2.86. The van der Waals surface area contributed by atoms with E-state index < -0.39 is 11.4 Å². The summed E-state index contributed by atoms with van der Waals surface area (Å²) in [6.07, 6.45) is 1.68. The Morgan fingerprint density at radius 2 is 1.96 bits per heavy atom. The van der Waals surface area contributed by atoms with Crippen LogP contribution in [0.15, 0.2) is 30.3 Å². The summed E-state index contributed by atoms with van der Waals surface area (Å²) in [6.45, 7) is 3.51. The smallest absolute Gasteiger partial charge is 0.347 e. The number of carbonyl (C=O) groups is 2. The molecular weight excluding hydrogens is 312 g/mol. The number of nitrogens with zero attached hydrogens (tertiary/aromatic N) is 1. The van der Waals surface area contributed by atoms with Gasteiger partial charge in [0, 0.05) is 0 Å². The molecule has 1 fully saturated rings. The van der Waals surface area contributed by atoms with Crippen molar-refractivity contribution in [1.82, 2.24) is 10.3 Å². The number of nitrogens with one attached hydrogen (secondary N) is 1. The van der Waals surface area contributed by atoms with E-state index in [1.807, 2.05) is 37.3 Å². The predicted molar refractivity (Wildman–Crippen MR) is 87.7 cm³/mol. The van der Waals surface area contributed by atoms with Gasteiger partial charge < -0.3 is 10.4 Å². The van der Waals surface area contributed by atoms with Crippen molar-refractivity contribution in [2.45, 2.75) is 38.1 Å². The van der Waals surface area contributed by atoms with E-state index in [-0.39, 0.29) is 16.8 Å². The lowest BCUT2D eigenvalue weighted by Gasteiger charge is -2.18. The molecule has 1 amide bonds.